The Hall–Kier alpha value is -3.02. The number of nitrogen functional groups attached to an aromatic ring is 1. The van der Waals surface area contributed by atoms with Crippen LogP contribution in [0.5, 0.6) is 5.75 Å². The highest BCUT2D eigenvalue weighted by atomic mass is 16.5. The fourth-order valence-corrected chi connectivity index (χ4v) is 4.99. The van der Waals surface area contributed by atoms with E-state index in [1.807, 2.05) is 10.7 Å². The highest BCUT2D eigenvalue weighted by Crippen LogP contribution is 2.30. The maximum absolute atomic E-state index is 9.50. The Bertz CT molecular complexity index is 1120. The molecule has 0 spiro atoms. The first-order valence-corrected chi connectivity index (χ1v) is 12.8. The molecule has 36 heavy (non-hydrogen) atoms. The van der Waals surface area contributed by atoms with E-state index in [1.54, 1.807) is 13.3 Å². The van der Waals surface area contributed by atoms with Gasteiger partial charge in [0.05, 0.1) is 26.5 Å². The zero-order valence-corrected chi connectivity index (χ0v) is 21.2. The van der Waals surface area contributed by atoms with Gasteiger partial charge in [0.2, 0.25) is 5.95 Å². The fourth-order valence-electron chi connectivity index (χ4n) is 4.99. The molecule has 4 heterocycles. The van der Waals surface area contributed by atoms with Gasteiger partial charge in [-0.2, -0.15) is 10.1 Å². The smallest absolute Gasteiger partial charge is 0.222 e. The second kappa shape index (κ2) is 12.3. The van der Waals surface area contributed by atoms with E-state index in [1.165, 1.54) is 0 Å². The van der Waals surface area contributed by atoms with E-state index in [4.69, 9.17) is 15.5 Å². The number of aliphatic hydroxyl groups excluding tert-OH is 2. The second-order valence-electron chi connectivity index (χ2n) is 9.33. The van der Waals surface area contributed by atoms with E-state index in [0.29, 0.717) is 36.0 Å². The highest BCUT2D eigenvalue weighted by Gasteiger charge is 2.23. The number of hydrogen-bond acceptors (Lipinski definition) is 10. The number of β-amino-alcohol motifs (C(OH)–C–C–N with tert-alkyl or cyclic N) is 1. The molecule has 0 amide bonds. The molecule has 1 saturated heterocycles. The van der Waals surface area contributed by atoms with Crippen molar-refractivity contribution in [2.45, 2.75) is 57.5 Å². The normalized spacial score (nSPS) is 15.9. The molecule has 0 aromatic carbocycles. The summed E-state index contributed by atoms with van der Waals surface area (Å²) in [6.45, 7) is 5.43. The summed E-state index contributed by atoms with van der Waals surface area (Å²) >= 11 is 0. The highest BCUT2D eigenvalue weighted by molar-refractivity contribution is 5.86. The summed E-state index contributed by atoms with van der Waals surface area (Å²) in [5.41, 5.74) is 9.23. The van der Waals surface area contributed by atoms with Gasteiger partial charge in [0.25, 0.3) is 0 Å². The molecular weight excluding hydrogens is 460 g/mol. The van der Waals surface area contributed by atoms with Gasteiger partial charge in [0, 0.05) is 30.8 Å². The lowest BCUT2D eigenvalue weighted by atomic mass is 9.93. The third-order valence-electron chi connectivity index (χ3n) is 6.86. The van der Waals surface area contributed by atoms with Crippen molar-refractivity contribution in [3.05, 3.63) is 29.7 Å². The van der Waals surface area contributed by atoms with Crippen LogP contribution in [-0.2, 0) is 6.54 Å². The Kier molecular flexibility index (Phi) is 8.89. The minimum Gasteiger partial charge on any atom is -0.495 e. The van der Waals surface area contributed by atoms with Gasteiger partial charge in [-0.15, -0.1) is 0 Å². The molecule has 4 rings (SSSR count). The Morgan fingerprint density at radius 1 is 1.14 bits per heavy atom. The minimum atomic E-state index is 0.0635. The van der Waals surface area contributed by atoms with Crippen molar-refractivity contribution in [3.63, 3.8) is 0 Å². The van der Waals surface area contributed by atoms with Crippen LogP contribution >= 0.6 is 0 Å². The summed E-state index contributed by atoms with van der Waals surface area (Å²) in [5.74, 6) is 1.85. The van der Waals surface area contributed by atoms with E-state index >= 15 is 0 Å². The van der Waals surface area contributed by atoms with Crippen LogP contribution in [0.15, 0.2) is 18.3 Å². The predicted octanol–water partition coefficient (Wildman–Crippen LogP) is 2.00. The molecule has 0 aliphatic carbocycles. The summed E-state index contributed by atoms with van der Waals surface area (Å²) in [5, 5.41) is 26.8. The Balaban J connectivity index is 1.62. The molecule has 0 bridgehead atoms. The number of aromatic nitrogens is 5. The number of hydrogen-bond donors (Lipinski definition) is 4. The number of nitrogens with zero attached hydrogens (tertiary/aromatic N) is 6. The molecule has 1 unspecified atom stereocenters. The lowest BCUT2D eigenvalue weighted by Crippen LogP contribution is -2.35. The van der Waals surface area contributed by atoms with Crippen LogP contribution in [0.25, 0.3) is 11.0 Å². The zero-order chi connectivity index (χ0) is 25.5. The van der Waals surface area contributed by atoms with Gasteiger partial charge in [0.1, 0.15) is 22.5 Å². The van der Waals surface area contributed by atoms with Crippen LogP contribution < -0.4 is 15.8 Å². The summed E-state index contributed by atoms with van der Waals surface area (Å²) in [6.07, 6.45) is 6.19. The van der Waals surface area contributed by atoms with Crippen LogP contribution in [0.4, 0.5) is 11.8 Å². The average Bonchev–Trinajstić information content (AvgIpc) is 3.27. The predicted molar refractivity (Wildman–Crippen MR) is 139 cm³/mol. The quantitative estimate of drug-likeness (QED) is 0.292. The van der Waals surface area contributed by atoms with Gasteiger partial charge in [-0.3, -0.25) is 9.67 Å². The third kappa shape index (κ3) is 6.03. The molecule has 0 saturated carbocycles. The van der Waals surface area contributed by atoms with Crippen LogP contribution in [-0.4, -0.2) is 85.8 Å². The van der Waals surface area contributed by atoms with Gasteiger partial charge >= 0.3 is 0 Å². The molecular formula is C25H38N8O3. The standard InChI is InChI=1S/C25H38N8O3/c1-3-4-18(9-13-34)28-24-23-20(30-25(26)31-24)15-27-33(23)16-21-22(36-2)6-5-19(29-21)17-7-10-32(11-8-17)12-14-35/h5-6,15,17-18,34-35H,3-4,7-14,16H2,1-2H3,(H3,26,28,30,31). The van der Waals surface area contributed by atoms with E-state index < -0.39 is 0 Å². The Morgan fingerprint density at radius 3 is 2.64 bits per heavy atom. The first-order valence-electron chi connectivity index (χ1n) is 12.8. The van der Waals surface area contributed by atoms with Gasteiger partial charge in [-0.05, 0) is 50.9 Å². The molecule has 0 radical (unpaired) electrons. The van der Waals surface area contributed by atoms with E-state index in [0.717, 1.165) is 62.2 Å². The summed E-state index contributed by atoms with van der Waals surface area (Å²) in [4.78, 5) is 16.2. The molecule has 1 aliphatic rings. The maximum Gasteiger partial charge on any atom is 0.222 e. The Morgan fingerprint density at radius 2 is 1.94 bits per heavy atom. The molecule has 3 aromatic rings. The van der Waals surface area contributed by atoms with Gasteiger partial charge in [-0.1, -0.05) is 13.3 Å². The van der Waals surface area contributed by atoms with Crippen molar-refractivity contribution in [3.8, 4) is 5.75 Å². The summed E-state index contributed by atoms with van der Waals surface area (Å²) < 4.78 is 7.47. The maximum atomic E-state index is 9.50. The molecule has 1 atom stereocenters. The zero-order valence-electron chi connectivity index (χ0n) is 21.2. The van der Waals surface area contributed by atoms with Crippen molar-refractivity contribution in [2.24, 2.45) is 0 Å². The topological polar surface area (TPSA) is 147 Å². The number of piperidine rings is 1. The summed E-state index contributed by atoms with van der Waals surface area (Å²) in [7, 11) is 1.65. The van der Waals surface area contributed by atoms with E-state index in [9.17, 15) is 10.2 Å². The van der Waals surface area contributed by atoms with E-state index in [-0.39, 0.29) is 25.2 Å². The van der Waals surface area contributed by atoms with Gasteiger partial charge < -0.3 is 30.9 Å². The van der Waals surface area contributed by atoms with E-state index in [2.05, 4.69) is 38.3 Å². The van der Waals surface area contributed by atoms with Crippen LogP contribution in [0.2, 0.25) is 0 Å². The molecule has 5 N–H and O–H groups in total. The first-order chi connectivity index (χ1) is 17.6. The molecule has 3 aromatic heterocycles. The number of likely N-dealkylation sites (tertiary alicyclic amines) is 1. The largest absolute Gasteiger partial charge is 0.495 e. The molecule has 196 valence electrons. The number of aliphatic hydroxyl groups is 2. The van der Waals surface area contributed by atoms with Crippen molar-refractivity contribution < 1.29 is 14.9 Å². The lowest BCUT2D eigenvalue weighted by Gasteiger charge is -2.31. The van der Waals surface area contributed by atoms with Gasteiger partial charge in [-0.25, -0.2) is 4.98 Å². The number of pyridine rings is 1. The average molecular weight is 499 g/mol. The second-order valence-corrected chi connectivity index (χ2v) is 9.33. The molecule has 11 nitrogen and oxygen atoms in total. The number of fused-ring (bicyclic) bond motifs is 1. The number of methoxy groups -OCH3 is 1. The third-order valence-corrected chi connectivity index (χ3v) is 6.86. The number of nitrogens with two attached hydrogens (primary N) is 1. The fraction of sp³-hybridized carbons (Fsp3) is 0.600. The van der Waals surface area contributed by atoms with Gasteiger partial charge in [0.15, 0.2) is 5.82 Å². The van der Waals surface area contributed by atoms with Crippen LogP contribution in [0.3, 0.4) is 0 Å². The number of nitrogens with one attached hydrogen (secondary N) is 1. The molecule has 11 heteroatoms. The van der Waals surface area contributed by atoms with Crippen molar-refractivity contribution >= 4 is 22.8 Å². The monoisotopic (exact) mass is 498 g/mol. The SMILES string of the molecule is CCCC(CCO)Nc1nc(N)nc2cnn(Cc3nc(C4CCN(CCO)CC4)ccc3OC)c12. The molecule has 1 aliphatic heterocycles. The van der Waals surface area contributed by atoms with Crippen LogP contribution in [0.1, 0.15) is 56.3 Å². The number of ether oxygens (including phenoxy) is 1. The van der Waals surface area contributed by atoms with Crippen molar-refractivity contribution in [1.29, 1.82) is 0 Å². The van der Waals surface area contributed by atoms with Crippen molar-refractivity contribution in [2.75, 3.05) is 51.0 Å². The first kappa shape index (κ1) is 26.1. The molecule has 1 fully saturated rings. The van der Waals surface area contributed by atoms with Crippen molar-refractivity contribution in [1.82, 2.24) is 29.6 Å². The minimum absolute atomic E-state index is 0.0635. The van der Waals surface area contributed by atoms with Crippen LogP contribution in [0, 0.1) is 0 Å². The summed E-state index contributed by atoms with van der Waals surface area (Å²) in [6, 6.07) is 4.10. The number of rotatable bonds is 12. The lowest BCUT2D eigenvalue weighted by molar-refractivity contribution is 0.163. The number of anilines is 2. The Labute approximate surface area is 211 Å².